The largest absolute Gasteiger partial charge is 0.360 e. The molecule has 5 N–H and O–H groups in total. The van der Waals surface area contributed by atoms with Gasteiger partial charge in [0.1, 0.15) is 5.66 Å². The average Bonchev–Trinajstić information content (AvgIpc) is 2.18. The quantitative estimate of drug-likeness (QED) is 0.548. The molecule has 1 aliphatic rings. The fraction of sp³-hybridized carbons (Fsp3) is 0.100. The molecule has 0 unspecified atom stereocenters. The highest BCUT2D eigenvalue weighted by Crippen LogP contribution is 2.14. The van der Waals surface area contributed by atoms with Gasteiger partial charge in [-0.2, -0.15) is 0 Å². The van der Waals surface area contributed by atoms with E-state index in [4.69, 9.17) is 11.5 Å². The third-order valence-corrected chi connectivity index (χ3v) is 1.95. The van der Waals surface area contributed by atoms with Gasteiger partial charge in [-0.05, 0) is 24.3 Å². The van der Waals surface area contributed by atoms with Gasteiger partial charge in [-0.25, -0.2) is 0 Å². The summed E-state index contributed by atoms with van der Waals surface area (Å²) in [6.07, 6.45) is 6.89. The topological polar surface area (TPSA) is 77.0 Å². The van der Waals surface area contributed by atoms with Crippen LogP contribution in [0, 0.1) is 0 Å². The molecule has 4 nitrogen and oxygen atoms in total. The van der Waals surface area contributed by atoms with Crippen LogP contribution in [0.3, 0.4) is 0 Å². The van der Waals surface area contributed by atoms with Crippen molar-refractivity contribution in [2.75, 3.05) is 0 Å². The van der Waals surface area contributed by atoms with Crippen LogP contribution in [0.2, 0.25) is 0 Å². The van der Waals surface area contributed by atoms with Crippen LogP contribution in [0.4, 0.5) is 0 Å². The zero-order valence-corrected chi connectivity index (χ0v) is 7.64. The van der Waals surface area contributed by atoms with Gasteiger partial charge in [0.25, 0.3) is 0 Å². The van der Waals surface area contributed by atoms with Crippen LogP contribution >= 0.6 is 0 Å². The van der Waals surface area contributed by atoms with E-state index < -0.39 is 5.66 Å². The molecule has 1 aliphatic heterocycles. The summed E-state index contributed by atoms with van der Waals surface area (Å²) < 4.78 is 0. The van der Waals surface area contributed by atoms with Crippen molar-refractivity contribution in [1.82, 2.24) is 10.3 Å². The van der Waals surface area contributed by atoms with E-state index in [1.807, 2.05) is 18.2 Å². The second-order valence-corrected chi connectivity index (χ2v) is 3.25. The Morgan fingerprint density at radius 2 is 2.14 bits per heavy atom. The van der Waals surface area contributed by atoms with Gasteiger partial charge in [0, 0.05) is 12.4 Å². The lowest BCUT2D eigenvalue weighted by Crippen LogP contribution is -2.47. The Labute approximate surface area is 82.3 Å². The molecule has 72 valence electrons. The predicted octanol–water partition coefficient (Wildman–Crippen LogP) is 0.153. The van der Waals surface area contributed by atoms with Gasteiger partial charge in [-0.1, -0.05) is 6.07 Å². The molecule has 14 heavy (non-hydrogen) atoms. The maximum Gasteiger partial charge on any atom is 0.106 e. The standard InChI is InChI=1S/C10H12N4/c11-10(12)4-6-14-9(7-10)8-3-1-2-5-13-8/h1-7,14H,11-12H2. The lowest BCUT2D eigenvalue weighted by atomic mass is 10.1. The molecular weight excluding hydrogens is 176 g/mol. The van der Waals surface area contributed by atoms with E-state index in [9.17, 15) is 0 Å². The number of dihydropyridines is 1. The fourth-order valence-corrected chi connectivity index (χ4v) is 1.29. The Morgan fingerprint density at radius 1 is 1.29 bits per heavy atom. The van der Waals surface area contributed by atoms with Crippen LogP contribution < -0.4 is 16.8 Å². The SMILES string of the molecule is NC1(N)C=CNC(c2ccccn2)=C1. The number of rotatable bonds is 1. The van der Waals surface area contributed by atoms with Crippen molar-refractivity contribution in [2.24, 2.45) is 11.5 Å². The first kappa shape index (κ1) is 8.93. The summed E-state index contributed by atoms with van der Waals surface area (Å²) in [6.45, 7) is 0. The maximum atomic E-state index is 5.75. The Kier molecular flexibility index (Phi) is 2.07. The number of nitrogens with two attached hydrogens (primary N) is 2. The lowest BCUT2D eigenvalue weighted by molar-refractivity contribution is 0.679. The van der Waals surface area contributed by atoms with Crippen LogP contribution in [0.25, 0.3) is 5.70 Å². The van der Waals surface area contributed by atoms with Crippen molar-refractivity contribution in [3.63, 3.8) is 0 Å². The summed E-state index contributed by atoms with van der Waals surface area (Å²) in [6, 6.07) is 5.67. The van der Waals surface area contributed by atoms with Crippen molar-refractivity contribution < 1.29 is 0 Å². The molecule has 0 spiro atoms. The molecule has 0 atom stereocenters. The molecular formula is C10H12N4. The second kappa shape index (κ2) is 3.25. The Bertz CT molecular complexity index is 378. The number of nitrogens with one attached hydrogen (secondary N) is 1. The van der Waals surface area contributed by atoms with Crippen LogP contribution in [-0.2, 0) is 0 Å². The highest BCUT2D eigenvalue weighted by atomic mass is 15.0. The molecule has 0 saturated heterocycles. The summed E-state index contributed by atoms with van der Waals surface area (Å²) in [7, 11) is 0. The molecule has 1 aromatic rings. The maximum absolute atomic E-state index is 5.75. The third-order valence-electron chi connectivity index (χ3n) is 1.95. The van der Waals surface area contributed by atoms with Gasteiger partial charge >= 0.3 is 0 Å². The minimum atomic E-state index is -0.891. The molecule has 0 fully saturated rings. The molecule has 0 aromatic carbocycles. The van der Waals surface area contributed by atoms with E-state index in [-0.39, 0.29) is 0 Å². The van der Waals surface area contributed by atoms with Crippen LogP contribution in [-0.4, -0.2) is 10.6 Å². The van der Waals surface area contributed by atoms with Gasteiger partial charge in [0.15, 0.2) is 0 Å². The normalized spacial score (nSPS) is 18.6. The first-order valence-corrected chi connectivity index (χ1v) is 4.34. The van der Waals surface area contributed by atoms with Crippen molar-refractivity contribution >= 4 is 5.70 Å². The first-order valence-electron chi connectivity index (χ1n) is 4.34. The van der Waals surface area contributed by atoms with Gasteiger partial charge in [-0.3, -0.25) is 4.98 Å². The number of pyridine rings is 1. The highest BCUT2D eigenvalue weighted by Gasteiger charge is 2.17. The van der Waals surface area contributed by atoms with Crippen LogP contribution in [0.15, 0.2) is 42.7 Å². The first-order chi connectivity index (χ1) is 6.67. The molecule has 1 aromatic heterocycles. The molecule has 2 heterocycles. The van der Waals surface area contributed by atoms with E-state index in [2.05, 4.69) is 10.3 Å². The summed E-state index contributed by atoms with van der Waals surface area (Å²) >= 11 is 0. The Morgan fingerprint density at radius 3 is 2.79 bits per heavy atom. The van der Waals surface area contributed by atoms with Crippen molar-refractivity contribution in [2.45, 2.75) is 5.66 Å². The van der Waals surface area contributed by atoms with E-state index in [0.29, 0.717) is 0 Å². The van der Waals surface area contributed by atoms with E-state index in [0.717, 1.165) is 11.4 Å². The minimum absolute atomic E-state index is 0.831. The van der Waals surface area contributed by atoms with Crippen LogP contribution in [0.5, 0.6) is 0 Å². The zero-order valence-electron chi connectivity index (χ0n) is 7.64. The monoisotopic (exact) mass is 188 g/mol. The van der Waals surface area contributed by atoms with E-state index in [1.165, 1.54) is 0 Å². The van der Waals surface area contributed by atoms with Crippen molar-refractivity contribution in [3.8, 4) is 0 Å². The van der Waals surface area contributed by atoms with Gasteiger partial charge in [0.2, 0.25) is 0 Å². The summed E-state index contributed by atoms with van der Waals surface area (Å²) in [5.41, 5.74) is 12.3. The van der Waals surface area contributed by atoms with E-state index >= 15 is 0 Å². The molecule has 0 amide bonds. The highest BCUT2D eigenvalue weighted by molar-refractivity contribution is 5.64. The summed E-state index contributed by atoms with van der Waals surface area (Å²) in [5.74, 6) is 0. The van der Waals surface area contributed by atoms with E-state index in [1.54, 1.807) is 24.5 Å². The Hall–Kier alpha value is -1.65. The van der Waals surface area contributed by atoms with Gasteiger partial charge in [-0.15, -0.1) is 0 Å². The molecule has 0 radical (unpaired) electrons. The lowest BCUT2D eigenvalue weighted by Gasteiger charge is -2.22. The third kappa shape index (κ3) is 1.81. The molecule has 0 saturated carbocycles. The number of nitrogens with zero attached hydrogens (tertiary/aromatic N) is 1. The molecule has 4 heteroatoms. The number of hydrogen-bond donors (Lipinski definition) is 3. The zero-order chi connectivity index (χ0) is 10.0. The molecule has 0 aliphatic carbocycles. The van der Waals surface area contributed by atoms with Crippen molar-refractivity contribution in [3.05, 3.63) is 48.4 Å². The second-order valence-electron chi connectivity index (χ2n) is 3.25. The van der Waals surface area contributed by atoms with Gasteiger partial charge < -0.3 is 16.8 Å². The smallest absolute Gasteiger partial charge is 0.106 e. The number of hydrogen-bond acceptors (Lipinski definition) is 4. The minimum Gasteiger partial charge on any atom is -0.360 e. The predicted molar refractivity (Wildman–Crippen MR) is 55.6 cm³/mol. The number of aromatic nitrogens is 1. The molecule has 0 bridgehead atoms. The summed E-state index contributed by atoms with van der Waals surface area (Å²) in [4.78, 5) is 4.19. The fourth-order valence-electron chi connectivity index (χ4n) is 1.29. The van der Waals surface area contributed by atoms with Crippen molar-refractivity contribution in [1.29, 1.82) is 0 Å². The molecule has 2 rings (SSSR count). The average molecular weight is 188 g/mol. The van der Waals surface area contributed by atoms with Crippen LogP contribution in [0.1, 0.15) is 5.69 Å². The Balaban J connectivity index is 2.33. The summed E-state index contributed by atoms with van der Waals surface area (Å²) in [5, 5.41) is 3.05. The van der Waals surface area contributed by atoms with Gasteiger partial charge in [0.05, 0.1) is 11.4 Å².